The molecule has 0 spiro atoms. The fraction of sp³-hybridized carbons (Fsp3) is 0.727. The van der Waals surface area contributed by atoms with Gasteiger partial charge in [0.15, 0.2) is 0 Å². The second kappa shape index (κ2) is 5.38. The maximum Gasteiger partial charge on any atom is 0.216 e. The molecule has 0 saturated carbocycles. The Labute approximate surface area is 107 Å². The van der Waals surface area contributed by atoms with Gasteiger partial charge in [-0.2, -0.15) is 0 Å². The molecule has 0 bridgehead atoms. The highest BCUT2D eigenvalue weighted by Crippen LogP contribution is 2.14. The molecule has 1 aliphatic rings. The van der Waals surface area contributed by atoms with E-state index in [-0.39, 0.29) is 11.8 Å². The van der Waals surface area contributed by atoms with Gasteiger partial charge in [0.25, 0.3) is 0 Å². The second-order valence-corrected chi connectivity index (χ2v) is 6.68. The largest absolute Gasteiger partial charge is 0.361 e. The van der Waals surface area contributed by atoms with Crippen LogP contribution in [0.15, 0.2) is 4.52 Å². The Hall–Kier alpha value is -0.920. The Morgan fingerprint density at radius 2 is 2.28 bits per heavy atom. The number of piperidine rings is 1. The van der Waals surface area contributed by atoms with E-state index in [0.29, 0.717) is 18.7 Å². The first-order chi connectivity index (χ1) is 8.50. The third kappa shape index (κ3) is 2.90. The molecule has 0 aromatic carbocycles. The summed E-state index contributed by atoms with van der Waals surface area (Å²) in [6, 6.07) is 0. The Morgan fingerprint density at radius 1 is 1.50 bits per heavy atom. The van der Waals surface area contributed by atoms with Gasteiger partial charge in [-0.05, 0) is 33.2 Å². The Kier molecular flexibility index (Phi) is 4.04. The van der Waals surface area contributed by atoms with Crippen LogP contribution in [0.1, 0.15) is 29.9 Å². The molecule has 1 aromatic heterocycles. The van der Waals surface area contributed by atoms with Crippen molar-refractivity contribution in [1.82, 2.24) is 15.2 Å². The van der Waals surface area contributed by atoms with Crippen molar-refractivity contribution in [2.45, 2.75) is 38.5 Å². The molecular weight excluding hydrogens is 254 g/mol. The van der Waals surface area contributed by atoms with E-state index in [1.165, 1.54) is 0 Å². The molecule has 2 N–H and O–H groups in total. The van der Waals surface area contributed by atoms with Crippen LogP contribution in [0.3, 0.4) is 0 Å². The van der Waals surface area contributed by atoms with Gasteiger partial charge in [0.1, 0.15) is 5.76 Å². The number of nitrogens with one attached hydrogen (secondary N) is 2. The first-order valence-electron chi connectivity index (χ1n) is 6.11. The smallest absolute Gasteiger partial charge is 0.216 e. The van der Waals surface area contributed by atoms with Gasteiger partial charge in [-0.3, -0.25) is 0 Å². The summed E-state index contributed by atoms with van der Waals surface area (Å²) in [6.45, 7) is 5.26. The Morgan fingerprint density at radius 3 is 2.83 bits per heavy atom. The molecule has 1 aliphatic heterocycles. The minimum Gasteiger partial charge on any atom is -0.361 e. The molecule has 1 saturated heterocycles. The number of hydrogen-bond donors (Lipinski definition) is 2. The van der Waals surface area contributed by atoms with Crippen molar-refractivity contribution in [3.63, 3.8) is 0 Å². The number of nitrogens with zero attached hydrogens (tertiary/aromatic N) is 1. The molecule has 2 rings (SSSR count). The number of rotatable bonds is 4. The molecule has 0 aliphatic carbocycles. The van der Waals surface area contributed by atoms with Gasteiger partial charge in [-0.1, -0.05) is 5.16 Å². The molecule has 1 atom stereocenters. The zero-order valence-electron chi connectivity index (χ0n) is 10.7. The van der Waals surface area contributed by atoms with E-state index in [1.807, 2.05) is 6.92 Å². The summed E-state index contributed by atoms with van der Waals surface area (Å²) in [5.41, 5.74) is 1.55. The molecule has 0 radical (unpaired) electrons. The zero-order chi connectivity index (χ0) is 13.2. The van der Waals surface area contributed by atoms with E-state index in [4.69, 9.17) is 4.52 Å². The Balaban J connectivity index is 2.00. The van der Waals surface area contributed by atoms with Crippen molar-refractivity contribution in [2.24, 2.45) is 0 Å². The summed E-state index contributed by atoms with van der Waals surface area (Å²) in [5.74, 6) is 0.664. The highest BCUT2D eigenvalue weighted by molar-refractivity contribution is 7.90. The highest BCUT2D eigenvalue weighted by Gasteiger charge is 2.27. The van der Waals surface area contributed by atoms with Crippen molar-refractivity contribution >= 4 is 10.0 Å². The average molecular weight is 273 g/mol. The van der Waals surface area contributed by atoms with Crippen LogP contribution in [0.4, 0.5) is 0 Å². The minimum atomic E-state index is -3.27. The number of aromatic nitrogens is 1. The lowest BCUT2D eigenvalue weighted by Gasteiger charge is -2.22. The molecule has 7 heteroatoms. The molecule has 102 valence electrons. The normalized spacial score (nSPS) is 21.1. The van der Waals surface area contributed by atoms with Gasteiger partial charge in [0, 0.05) is 18.7 Å². The third-order valence-electron chi connectivity index (χ3n) is 3.32. The SMILES string of the molecule is Cc1noc(C)c1CNS(=O)(=O)C1CCCNC1. The maximum absolute atomic E-state index is 12.1. The molecular formula is C11H19N3O3S. The van der Waals surface area contributed by atoms with E-state index in [2.05, 4.69) is 15.2 Å². The highest BCUT2D eigenvalue weighted by atomic mass is 32.2. The van der Waals surface area contributed by atoms with Crippen molar-refractivity contribution in [1.29, 1.82) is 0 Å². The summed E-state index contributed by atoms with van der Waals surface area (Å²) >= 11 is 0. The molecule has 2 heterocycles. The zero-order valence-corrected chi connectivity index (χ0v) is 11.5. The van der Waals surface area contributed by atoms with Crippen molar-refractivity contribution in [3.05, 3.63) is 17.0 Å². The molecule has 18 heavy (non-hydrogen) atoms. The van der Waals surface area contributed by atoms with Crippen LogP contribution >= 0.6 is 0 Å². The first-order valence-corrected chi connectivity index (χ1v) is 7.66. The lowest BCUT2D eigenvalue weighted by molar-refractivity contribution is 0.392. The van der Waals surface area contributed by atoms with Crippen LogP contribution in [-0.2, 0) is 16.6 Å². The topological polar surface area (TPSA) is 84.2 Å². The quantitative estimate of drug-likeness (QED) is 0.832. The summed E-state index contributed by atoms with van der Waals surface area (Å²) < 4.78 is 31.9. The van der Waals surface area contributed by atoms with E-state index in [0.717, 1.165) is 24.2 Å². The lowest BCUT2D eigenvalue weighted by atomic mass is 10.2. The van der Waals surface area contributed by atoms with E-state index < -0.39 is 10.0 Å². The van der Waals surface area contributed by atoms with E-state index in [1.54, 1.807) is 6.92 Å². The molecule has 1 unspecified atom stereocenters. The van der Waals surface area contributed by atoms with Crippen LogP contribution in [0.25, 0.3) is 0 Å². The van der Waals surface area contributed by atoms with Gasteiger partial charge in [-0.25, -0.2) is 13.1 Å². The summed E-state index contributed by atoms with van der Waals surface area (Å²) in [5, 5.41) is 6.57. The Bertz CT molecular complexity index is 484. The predicted octanol–water partition coefficient (Wildman–Crippen LogP) is 0.463. The fourth-order valence-electron chi connectivity index (χ4n) is 2.13. The third-order valence-corrected chi connectivity index (χ3v) is 5.15. The average Bonchev–Trinajstić information content (AvgIpc) is 2.68. The van der Waals surface area contributed by atoms with E-state index >= 15 is 0 Å². The maximum atomic E-state index is 12.1. The van der Waals surface area contributed by atoms with Crippen molar-refractivity contribution < 1.29 is 12.9 Å². The summed E-state index contributed by atoms with van der Waals surface area (Å²) in [4.78, 5) is 0. The van der Waals surface area contributed by atoms with Crippen molar-refractivity contribution in [3.8, 4) is 0 Å². The second-order valence-electron chi connectivity index (χ2n) is 4.64. The lowest BCUT2D eigenvalue weighted by Crippen LogP contribution is -2.44. The van der Waals surface area contributed by atoms with Crippen molar-refractivity contribution in [2.75, 3.05) is 13.1 Å². The van der Waals surface area contributed by atoms with Gasteiger partial charge < -0.3 is 9.84 Å². The predicted molar refractivity (Wildman–Crippen MR) is 67.6 cm³/mol. The minimum absolute atomic E-state index is 0.250. The molecule has 0 amide bonds. The van der Waals surface area contributed by atoms with Crippen LogP contribution in [0, 0.1) is 13.8 Å². The summed E-state index contributed by atoms with van der Waals surface area (Å²) in [6.07, 6.45) is 1.61. The van der Waals surface area contributed by atoms with E-state index in [9.17, 15) is 8.42 Å². The first kappa shape index (κ1) is 13.5. The van der Waals surface area contributed by atoms with Gasteiger partial charge in [0.05, 0.1) is 10.9 Å². The van der Waals surface area contributed by atoms with Crippen LogP contribution < -0.4 is 10.0 Å². The van der Waals surface area contributed by atoms with Crippen LogP contribution in [0.2, 0.25) is 0 Å². The van der Waals surface area contributed by atoms with Crippen LogP contribution in [0.5, 0.6) is 0 Å². The fourth-order valence-corrected chi connectivity index (χ4v) is 3.53. The van der Waals surface area contributed by atoms with Gasteiger partial charge >= 0.3 is 0 Å². The number of aryl methyl sites for hydroxylation is 2. The number of sulfonamides is 1. The number of hydrogen-bond acceptors (Lipinski definition) is 5. The van der Waals surface area contributed by atoms with Gasteiger partial charge in [0.2, 0.25) is 10.0 Å². The van der Waals surface area contributed by atoms with Gasteiger partial charge in [-0.15, -0.1) is 0 Å². The van der Waals surface area contributed by atoms with Crippen LogP contribution in [-0.4, -0.2) is 31.9 Å². The standard InChI is InChI=1S/C11H19N3O3S/c1-8-11(9(2)17-14-8)7-13-18(15,16)10-4-3-5-12-6-10/h10,12-13H,3-7H2,1-2H3. The molecule has 1 fully saturated rings. The monoisotopic (exact) mass is 273 g/mol. The molecule has 1 aromatic rings. The summed E-state index contributed by atoms with van der Waals surface area (Å²) in [7, 11) is -3.27. The molecule has 6 nitrogen and oxygen atoms in total.